The third-order valence-electron chi connectivity index (χ3n) is 22.0. The molecule has 0 amide bonds. The van der Waals surface area contributed by atoms with Gasteiger partial charge in [-0.15, -0.1) is 34.0 Å². The first-order valence-electron chi connectivity index (χ1n) is 36.6. The van der Waals surface area contributed by atoms with Crippen molar-refractivity contribution in [2.75, 3.05) is 39.6 Å². The van der Waals surface area contributed by atoms with E-state index in [0.29, 0.717) is 39.6 Å². The molecule has 498 valence electrons. The maximum atomic E-state index is 6.67. The summed E-state index contributed by atoms with van der Waals surface area (Å²) in [6.45, 7) is 17.7. The fourth-order valence-electron chi connectivity index (χ4n) is 17.7. The molecule has 6 heterocycles. The first kappa shape index (κ1) is 67.8. The number of benzene rings is 4. The third kappa shape index (κ3) is 12.4. The number of halogens is 3. The van der Waals surface area contributed by atoms with E-state index in [1.165, 1.54) is 202 Å². The van der Waals surface area contributed by atoms with Crippen LogP contribution in [0.1, 0.15) is 268 Å². The molecule has 13 rings (SSSR count). The van der Waals surface area contributed by atoms with Crippen LogP contribution < -0.4 is 28.4 Å². The van der Waals surface area contributed by atoms with Gasteiger partial charge in [-0.1, -0.05) is 232 Å². The molecule has 0 N–H and O–H groups in total. The van der Waals surface area contributed by atoms with Gasteiger partial charge in [-0.3, -0.25) is 0 Å². The summed E-state index contributed by atoms with van der Waals surface area (Å²) in [6.07, 6.45) is 36.0. The lowest BCUT2D eigenvalue weighted by Crippen LogP contribution is -2.31. The van der Waals surface area contributed by atoms with Crippen molar-refractivity contribution in [1.82, 2.24) is 0 Å². The molecule has 6 nitrogen and oxygen atoms in total. The lowest BCUT2D eigenvalue weighted by atomic mass is 9.63. The maximum Gasteiger partial charge on any atom is 0.187 e. The summed E-state index contributed by atoms with van der Waals surface area (Å²) in [4.78, 5) is 3.51. The zero-order valence-electron chi connectivity index (χ0n) is 56.5. The monoisotopic (exact) mass is 1500 g/mol. The fraction of sp³-hybridized carbons (Fsp3) is 0.556. The summed E-state index contributed by atoms with van der Waals surface area (Å²) in [5, 5.41) is 0. The van der Waals surface area contributed by atoms with Gasteiger partial charge in [0.15, 0.2) is 34.5 Å². The summed E-state index contributed by atoms with van der Waals surface area (Å²) in [6, 6.07) is 23.5. The molecule has 0 bridgehead atoms. The molecular formula is C81H99Br3O6S3. The molecule has 93 heavy (non-hydrogen) atoms. The summed E-state index contributed by atoms with van der Waals surface area (Å²) in [5.74, 6) is 5.24. The van der Waals surface area contributed by atoms with Gasteiger partial charge in [0.1, 0.15) is 51.0 Å². The lowest BCUT2D eigenvalue weighted by Gasteiger charge is -2.40. The van der Waals surface area contributed by atoms with Gasteiger partial charge in [0.2, 0.25) is 0 Å². The Balaban J connectivity index is 1.20. The van der Waals surface area contributed by atoms with Crippen molar-refractivity contribution in [3.8, 4) is 99.2 Å². The molecule has 0 fully saturated rings. The molecule has 0 saturated carbocycles. The quantitative estimate of drug-likeness (QED) is 0.0382. The van der Waals surface area contributed by atoms with E-state index in [2.05, 4.69) is 144 Å². The molecule has 3 aromatic heterocycles. The number of hydrogen-bond acceptors (Lipinski definition) is 9. The van der Waals surface area contributed by atoms with Gasteiger partial charge in [0.25, 0.3) is 0 Å². The molecular weight excluding hydrogens is 1400 g/mol. The highest BCUT2D eigenvalue weighted by Gasteiger charge is 2.58. The number of thiophene rings is 3. The number of unbranched alkanes of at least 4 members (excludes halogenated alkanes) is 18. The fourth-order valence-corrected chi connectivity index (χ4v) is 22.7. The average Bonchev–Trinajstić information content (AvgIpc) is 1.48. The highest BCUT2D eigenvalue weighted by atomic mass is 79.9. The van der Waals surface area contributed by atoms with Gasteiger partial charge in [-0.2, -0.15) is 0 Å². The Bertz CT molecular complexity index is 3350. The molecule has 6 aliphatic rings. The highest BCUT2D eigenvalue weighted by molar-refractivity contribution is 9.11. The minimum Gasteiger partial charge on any atom is -0.485 e. The van der Waals surface area contributed by atoms with Crippen LogP contribution in [-0.2, 0) is 16.2 Å². The minimum atomic E-state index is -0.262. The zero-order chi connectivity index (χ0) is 64.3. The van der Waals surface area contributed by atoms with Gasteiger partial charge in [-0.05, 0) is 188 Å². The van der Waals surface area contributed by atoms with Crippen LogP contribution in [0.15, 0.2) is 66.0 Å². The van der Waals surface area contributed by atoms with E-state index in [9.17, 15) is 0 Å². The van der Waals surface area contributed by atoms with Crippen molar-refractivity contribution in [1.29, 1.82) is 0 Å². The molecule has 12 heteroatoms. The van der Waals surface area contributed by atoms with E-state index >= 15 is 0 Å². The Kier molecular flexibility index (Phi) is 22.0. The van der Waals surface area contributed by atoms with E-state index < -0.39 is 0 Å². The summed E-state index contributed by atoms with van der Waals surface area (Å²) < 4.78 is 42.3. The van der Waals surface area contributed by atoms with Gasteiger partial charge in [0, 0.05) is 16.2 Å². The topological polar surface area (TPSA) is 55.4 Å². The molecule has 0 radical (unpaired) electrons. The van der Waals surface area contributed by atoms with Crippen LogP contribution in [0, 0.1) is 0 Å². The van der Waals surface area contributed by atoms with Gasteiger partial charge in [0.05, 0.1) is 14.6 Å². The molecule has 4 aromatic carbocycles. The highest BCUT2D eigenvalue weighted by Crippen LogP contribution is 2.73. The largest absolute Gasteiger partial charge is 0.485 e. The number of ether oxygens (including phenoxy) is 6. The zero-order valence-corrected chi connectivity index (χ0v) is 63.7. The first-order chi connectivity index (χ1) is 45.6. The molecule has 7 aromatic rings. The summed E-state index contributed by atoms with van der Waals surface area (Å²) >= 11 is 17.3. The predicted octanol–water partition coefficient (Wildman–Crippen LogP) is 27.1. The van der Waals surface area contributed by atoms with Crippen LogP contribution >= 0.6 is 81.8 Å². The smallest absolute Gasteiger partial charge is 0.187 e. The van der Waals surface area contributed by atoms with Crippen molar-refractivity contribution in [2.45, 2.75) is 250 Å². The van der Waals surface area contributed by atoms with Gasteiger partial charge >= 0.3 is 0 Å². The third-order valence-corrected chi connectivity index (χ3v) is 27.5. The molecule has 3 aliphatic heterocycles. The molecule has 0 atom stereocenters. The second kappa shape index (κ2) is 30.1. The standard InChI is InChI=1S/C81H99Br3O6S3/c1-7-13-19-25-37-79(38-26-20-14-8-2)58-49-52(73-67-70(76(82)91-73)88-46-43-85-67)31-34-55(58)61-64(79)62-56-35-32-53(74-68-71(77(83)92-74)89-47-44-86-68)50-59(56)80(39-27-21-15-9-3,40-28-22-16-10-4)66(62)63-57-36-33-54(75-69-72(78(84)93-75)90-48-45-87-69)51-60(57)81(65(61)63,41-29-23-17-11-5)42-30-24-18-12-6/h31-36,49-51H,7-30,37-48H2,1-6H3. The van der Waals surface area contributed by atoms with Crippen LogP contribution in [0.25, 0.3) is 64.7 Å². The average molecular weight is 1500 g/mol. The van der Waals surface area contributed by atoms with Crippen LogP contribution in [0.2, 0.25) is 0 Å². The van der Waals surface area contributed by atoms with Crippen molar-refractivity contribution in [3.05, 3.63) is 99.3 Å². The Morgan fingerprint density at radius 3 is 0.753 bits per heavy atom. The van der Waals surface area contributed by atoms with Crippen molar-refractivity contribution >= 4 is 81.8 Å². The van der Waals surface area contributed by atoms with E-state index in [0.717, 1.165) is 84.4 Å². The van der Waals surface area contributed by atoms with E-state index in [1.54, 1.807) is 84.1 Å². The molecule has 0 unspecified atom stereocenters. The lowest BCUT2D eigenvalue weighted by molar-refractivity contribution is 0.173. The van der Waals surface area contributed by atoms with Gasteiger partial charge in [-0.25, -0.2) is 0 Å². The Hall–Kier alpha value is -3.78. The Morgan fingerprint density at radius 1 is 0.301 bits per heavy atom. The SMILES string of the molecule is CCCCCCC1(CCCCCC)c2cc(-c3sc(Br)c4c3OCCO4)ccc2-c2c1c1c(c3c2C(CCCCCC)(CCCCCC)c2cc(-c4sc(Br)c5c4OCCO5)ccc2-3)C(CCCCCC)(CCCCCC)c2cc(-c3sc(Br)c4c3OCCO4)ccc2-1. The second-order valence-corrected chi connectivity index (χ2v) is 34.8. The molecule has 3 aliphatic carbocycles. The van der Waals surface area contributed by atoms with E-state index in [4.69, 9.17) is 28.4 Å². The molecule has 0 saturated heterocycles. The maximum absolute atomic E-state index is 6.67. The van der Waals surface area contributed by atoms with Crippen molar-refractivity contribution in [2.24, 2.45) is 0 Å². The van der Waals surface area contributed by atoms with E-state index in [1.807, 2.05) is 0 Å². The Labute approximate surface area is 593 Å². The van der Waals surface area contributed by atoms with Crippen LogP contribution in [0.3, 0.4) is 0 Å². The number of rotatable bonds is 33. The molecule has 0 spiro atoms. The van der Waals surface area contributed by atoms with E-state index in [-0.39, 0.29) is 16.2 Å². The van der Waals surface area contributed by atoms with Crippen LogP contribution in [0.5, 0.6) is 34.5 Å². The normalized spacial score (nSPS) is 16.1. The number of hydrogen-bond donors (Lipinski definition) is 0. The van der Waals surface area contributed by atoms with Crippen LogP contribution in [-0.4, -0.2) is 39.6 Å². The second-order valence-electron chi connectivity index (χ2n) is 27.8. The van der Waals surface area contributed by atoms with Crippen LogP contribution in [0.4, 0.5) is 0 Å². The Morgan fingerprint density at radius 2 is 0.527 bits per heavy atom. The van der Waals surface area contributed by atoms with Crippen molar-refractivity contribution in [3.63, 3.8) is 0 Å². The number of fused-ring (bicyclic) bond motifs is 15. The summed E-state index contributed by atoms with van der Waals surface area (Å²) in [7, 11) is 0. The minimum absolute atomic E-state index is 0.262. The van der Waals surface area contributed by atoms with Gasteiger partial charge < -0.3 is 28.4 Å². The predicted molar refractivity (Wildman–Crippen MR) is 404 cm³/mol. The van der Waals surface area contributed by atoms with Crippen molar-refractivity contribution < 1.29 is 28.4 Å². The summed E-state index contributed by atoms with van der Waals surface area (Å²) in [5.41, 5.74) is 21.9. The first-order valence-corrected chi connectivity index (χ1v) is 41.4.